The quantitative estimate of drug-likeness (QED) is 0.841. The van der Waals surface area contributed by atoms with Gasteiger partial charge < -0.3 is 11.1 Å². The van der Waals surface area contributed by atoms with Gasteiger partial charge in [-0.05, 0) is 37.3 Å². The van der Waals surface area contributed by atoms with Gasteiger partial charge in [-0.15, -0.1) is 0 Å². The molecule has 1 aromatic rings. The van der Waals surface area contributed by atoms with E-state index in [9.17, 15) is 9.59 Å². The van der Waals surface area contributed by atoms with Crippen molar-refractivity contribution in [1.82, 2.24) is 5.32 Å². The van der Waals surface area contributed by atoms with Crippen LogP contribution in [0.4, 0.5) is 0 Å². The Kier molecular flexibility index (Phi) is 3.97. The monoisotopic (exact) mass is 246 g/mol. The van der Waals surface area contributed by atoms with Gasteiger partial charge >= 0.3 is 0 Å². The number of rotatable bonds is 4. The van der Waals surface area contributed by atoms with Crippen molar-refractivity contribution < 1.29 is 9.59 Å². The van der Waals surface area contributed by atoms with Crippen LogP contribution in [0.5, 0.6) is 0 Å². The zero-order chi connectivity index (χ0) is 13.0. The van der Waals surface area contributed by atoms with Crippen LogP contribution >= 0.6 is 0 Å². The lowest BCUT2D eigenvalue weighted by Gasteiger charge is -2.11. The fourth-order valence-electron chi connectivity index (χ4n) is 2.45. The van der Waals surface area contributed by atoms with Gasteiger partial charge in [-0.1, -0.05) is 18.2 Å². The third kappa shape index (κ3) is 3.09. The number of hydrogen-bond donors (Lipinski definition) is 2. The molecule has 2 unspecified atom stereocenters. The Labute approximate surface area is 107 Å². The van der Waals surface area contributed by atoms with Gasteiger partial charge in [0.15, 0.2) is 0 Å². The van der Waals surface area contributed by atoms with Crippen molar-refractivity contribution in [2.24, 2.45) is 17.6 Å². The van der Waals surface area contributed by atoms with E-state index in [1.807, 2.05) is 18.2 Å². The predicted octanol–water partition coefficient (Wildman–Crippen LogP) is 1.32. The van der Waals surface area contributed by atoms with Crippen LogP contribution in [0.25, 0.3) is 0 Å². The van der Waals surface area contributed by atoms with Gasteiger partial charge in [-0.2, -0.15) is 0 Å². The van der Waals surface area contributed by atoms with Crippen molar-refractivity contribution in [3.05, 3.63) is 35.9 Å². The maximum Gasteiger partial charge on any atom is 0.251 e. The van der Waals surface area contributed by atoms with Crippen LogP contribution in [0.2, 0.25) is 0 Å². The standard InChI is InChI=1S/C14H18N2O2/c15-13(17)12-7-6-10(8-12)9-16-14(18)11-4-2-1-3-5-11/h1-5,10,12H,6-9H2,(H2,15,17)(H,16,18). The second kappa shape index (κ2) is 5.67. The summed E-state index contributed by atoms with van der Waals surface area (Å²) < 4.78 is 0. The van der Waals surface area contributed by atoms with Gasteiger partial charge in [0, 0.05) is 18.0 Å². The molecule has 0 heterocycles. The SMILES string of the molecule is NC(=O)C1CCC(CNC(=O)c2ccccc2)C1. The van der Waals surface area contributed by atoms with E-state index in [1.54, 1.807) is 12.1 Å². The minimum absolute atomic E-state index is 0.0105. The van der Waals surface area contributed by atoms with Crippen LogP contribution in [0, 0.1) is 11.8 Å². The average Bonchev–Trinajstić information content (AvgIpc) is 2.86. The van der Waals surface area contributed by atoms with Gasteiger partial charge in [0.25, 0.3) is 5.91 Å². The molecule has 1 fully saturated rings. The van der Waals surface area contributed by atoms with Crippen LogP contribution < -0.4 is 11.1 Å². The summed E-state index contributed by atoms with van der Waals surface area (Å²) in [6.07, 6.45) is 2.61. The second-order valence-electron chi connectivity index (χ2n) is 4.85. The summed E-state index contributed by atoms with van der Waals surface area (Å²) in [5.74, 6) is 0.0869. The number of carbonyl (C=O) groups excluding carboxylic acids is 2. The van der Waals surface area contributed by atoms with Crippen LogP contribution in [-0.2, 0) is 4.79 Å². The first-order valence-corrected chi connectivity index (χ1v) is 6.29. The molecule has 3 N–H and O–H groups in total. The highest BCUT2D eigenvalue weighted by molar-refractivity contribution is 5.94. The topological polar surface area (TPSA) is 72.2 Å². The molecule has 0 radical (unpaired) electrons. The van der Waals surface area contributed by atoms with Gasteiger partial charge in [0.05, 0.1) is 0 Å². The number of primary amides is 1. The van der Waals surface area contributed by atoms with E-state index in [-0.39, 0.29) is 17.7 Å². The maximum absolute atomic E-state index is 11.8. The van der Waals surface area contributed by atoms with Crippen LogP contribution in [-0.4, -0.2) is 18.4 Å². The van der Waals surface area contributed by atoms with Gasteiger partial charge in [0.2, 0.25) is 5.91 Å². The van der Waals surface area contributed by atoms with E-state index in [2.05, 4.69) is 5.32 Å². The molecule has 18 heavy (non-hydrogen) atoms. The summed E-state index contributed by atoms with van der Waals surface area (Å²) in [4.78, 5) is 22.9. The Morgan fingerprint density at radius 1 is 1.22 bits per heavy atom. The smallest absolute Gasteiger partial charge is 0.251 e. The lowest BCUT2D eigenvalue weighted by molar-refractivity contribution is -0.121. The zero-order valence-electron chi connectivity index (χ0n) is 10.3. The summed E-state index contributed by atoms with van der Waals surface area (Å²) in [7, 11) is 0. The zero-order valence-corrected chi connectivity index (χ0v) is 10.3. The molecule has 2 amide bonds. The van der Waals surface area contributed by atoms with Crippen molar-refractivity contribution in [2.45, 2.75) is 19.3 Å². The summed E-state index contributed by atoms with van der Waals surface area (Å²) in [6, 6.07) is 9.14. The predicted molar refractivity (Wildman–Crippen MR) is 68.8 cm³/mol. The Balaban J connectivity index is 1.79. The Morgan fingerprint density at radius 2 is 1.94 bits per heavy atom. The molecule has 0 bridgehead atoms. The fourth-order valence-corrected chi connectivity index (χ4v) is 2.45. The molecule has 0 spiro atoms. The summed E-state index contributed by atoms with van der Waals surface area (Å²) in [5.41, 5.74) is 5.95. The Hall–Kier alpha value is -1.84. The Bertz CT molecular complexity index is 431. The normalized spacial score (nSPS) is 22.7. The number of nitrogens with two attached hydrogens (primary N) is 1. The van der Waals surface area contributed by atoms with Crippen LogP contribution in [0.15, 0.2) is 30.3 Å². The number of benzene rings is 1. The highest BCUT2D eigenvalue weighted by atomic mass is 16.2. The number of carbonyl (C=O) groups is 2. The minimum Gasteiger partial charge on any atom is -0.369 e. The molecule has 0 aliphatic heterocycles. The van der Waals surface area contributed by atoms with Crippen LogP contribution in [0.3, 0.4) is 0 Å². The minimum atomic E-state index is -0.216. The average molecular weight is 246 g/mol. The first kappa shape index (κ1) is 12.6. The van der Waals surface area contributed by atoms with E-state index < -0.39 is 0 Å². The highest BCUT2D eigenvalue weighted by Crippen LogP contribution is 2.29. The largest absolute Gasteiger partial charge is 0.369 e. The van der Waals surface area contributed by atoms with Gasteiger partial charge in [-0.3, -0.25) is 9.59 Å². The summed E-state index contributed by atoms with van der Waals surface area (Å²) in [5, 5.41) is 2.91. The summed E-state index contributed by atoms with van der Waals surface area (Å²) >= 11 is 0. The van der Waals surface area contributed by atoms with Crippen molar-refractivity contribution in [2.75, 3.05) is 6.54 Å². The first-order chi connectivity index (χ1) is 8.66. The Morgan fingerprint density at radius 3 is 2.56 bits per heavy atom. The van der Waals surface area contributed by atoms with Crippen LogP contribution in [0.1, 0.15) is 29.6 Å². The molecule has 0 aromatic heterocycles. The van der Waals surface area contributed by atoms with Gasteiger partial charge in [-0.25, -0.2) is 0 Å². The van der Waals surface area contributed by atoms with Crippen molar-refractivity contribution in [3.8, 4) is 0 Å². The third-order valence-electron chi connectivity index (χ3n) is 3.53. The molecule has 0 saturated heterocycles. The highest BCUT2D eigenvalue weighted by Gasteiger charge is 2.28. The fraction of sp³-hybridized carbons (Fsp3) is 0.429. The van der Waals surface area contributed by atoms with E-state index in [4.69, 9.17) is 5.73 Å². The molecule has 4 heteroatoms. The van der Waals surface area contributed by atoms with Crippen molar-refractivity contribution in [1.29, 1.82) is 0 Å². The number of nitrogens with one attached hydrogen (secondary N) is 1. The van der Waals surface area contributed by atoms with Crippen molar-refractivity contribution >= 4 is 11.8 Å². The molecule has 2 rings (SSSR count). The summed E-state index contributed by atoms with van der Waals surface area (Å²) in [6.45, 7) is 0.623. The molecular formula is C14H18N2O2. The van der Waals surface area contributed by atoms with E-state index >= 15 is 0 Å². The maximum atomic E-state index is 11.8. The van der Waals surface area contributed by atoms with E-state index in [0.717, 1.165) is 19.3 Å². The molecule has 1 saturated carbocycles. The van der Waals surface area contributed by atoms with Crippen molar-refractivity contribution in [3.63, 3.8) is 0 Å². The molecule has 1 aliphatic carbocycles. The molecule has 4 nitrogen and oxygen atoms in total. The number of amides is 2. The molecule has 96 valence electrons. The lowest BCUT2D eigenvalue weighted by atomic mass is 10.0. The molecule has 1 aromatic carbocycles. The first-order valence-electron chi connectivity index (χ1n) is 6.29. The van der Waals surface area contributed by atoms with E-state index in [0.29, 0.717) is 18.0 Å². The molecular weight excluding hydrogens is 228 g/mol. The second-order valence-corrected chi connectivity index (χ2v) is 4.85. The number of hydrogen-bond acceptors (Lipinski definition) is 2. The lowest BCUT2D eigenvalue weighted by Crippen LogP contribution is -2.29. The molecule has 2 atom stereocenters. The van der Waals surface area contributed by atoms with E-state index in [1.165, 1.54) is 0 Å². The molecule has 1 aliphatic rings. The van der Waals surface area contributed by atoms with Gasteiger partial charge in [0.1, 0.15) is 0 Å². The third-order valence-corrected chi connectivity index (χ3v) is 3.53.